The molecule has 0 saturated heterocycles. The molecule has 8 atom stereocenters. The Morgan fingerprint density at radius 1 is 1.32 bits per heavy atom. The van der Waals surface area contributed by atoms with Crippen molar-refractivity contribution in [1.29, 1.82) is 0 Å². The summed E-state index contributed by atoms with van der Waals surface area (Å²) in [6, 6.07) is 0. The van der Waals surface area contributed by atoms with Crippen molar-refractivity contribution in [3.63, 3.8) is 0 Å². The Labute approximate surface area is 175 Å². The van der Waals surface area contributed by atoms with Crippen LogP contribution in [0.2, 0.25) is 0 Å². The predicted molar refractivity (Wildman–Crippen MR) is 110 cm³/mol. The Hall–Kier alpha value is -0.810. The number of rotatable bonds is 2. The van der Waals surface area contributed by atoms with Crippen LogP contribution in [0.25, 0.3) is 0 Å². The normalized spacial score (nSPS) is 52.5. The molecule has 0 aromatic heterocycles. The van der Waals surface area contributed by atoms with Gasteiger partial charge in [-0.25, -0.2) is 4.39 Å². The summed E-state index contributed by atoms with van der Waals surface area (Å²) in [5.41, 5.74) is -3.01. The lowest BCUT2D eigenvalue weighted by atomic mass is 9.43. The number of aliphatic hydroxyl groups excluding tert-OH is 1. The molecule has 0 radical (unpaired) electrons. The van der Waals surface area contributed by atoms with Crippen LogP contribution in [-0.4, -0.2) is 33.8 Å². The van der Waals surface area contributed by atoms with Gasteiger partial charge in [0.05, 0.1) is 11.4 Å². The second-order valence-electron chi connectivity index (χ2n) is 10.2. The number of ketones is 2. The van der Waals surface area contributed by atoms with Crippen molar-refractivity contribution in [2.24, 2.45) is 34.0 Å². The van der Waals surface area contributed by atoms with Crippen LogP contribution in [0.5, 0.6) is 0 Å². The quantitative estimate of drug-likeness (QED) is 0.624. The Balaban J connectivity index is 1.84. The van der Waals surface area contributed by atoms with Gasteiger partial charge in [0.15, 0.2) is 11.5 Å². The number of fused-ring (bicyclic) bond motifs is 5. The molecule has 28 heavy (non-hydrogen) atoms. The third kappa shape index (κ3) is 2.13. The van der Waals surface area contributed by atoms with E-state index in [0.717, 1.165) is 12.0 Å². The van der Waals surface area contributed by atoms with Gasteiger partial charge in [-0.15, -0.1) is 0 Å². The number of hydrogen-bond acceptors (Lipinski definition) is 3. The highest BCUT2D eigenvalue weighted by molar-refractivity contribution is 9.09. The number of halogens is 2. The fourth-order valence-corrected chi connectivity index (χ4v) is 8.09. The molecule has 3 fully saturated rings. The van der Waals surface area contributed by atoms with Crippen LogP contribution in [0.3, 0.4) is 0 Å². The molecule has 0 aliphatic heterocycles. The van der Waals surface area contributed by atoms with Gasteiger partial charge in [-0.2, -0.15) is 0 Å². The summed E-state index contributed by atoms with van der Waals surface area (Å²) in [5, 5.41) is 11.6. The number of hydrogen-bond donors (Lipinski definition) is 1. The number of allylic oxidation sites excluding steroid dienone is 4. The van der Waals surface area contributed by atoms with Crippen LogP contribution >= 0.6 is 15.9 Å². The molecule has 154 valence electrons. The monoisotopic (exact) mass is 452 g/mol. The summed E-state index contributed by atoms with van der Waals surface area (Å²) in [6.45, 7) is 8.05. The Kier molecular flexibility index (Phi) is 4.46. The molecular weight excluding hydrogens is 423 g/mol. The molecule has 5 heteroatoms. The lowest BCUT2D eigenvalue weighted by Gasteiger charge is -2.63. The van der Waals surface area contributed by atoms with Gasteiger partial charge in [0.25, 0.3) is 0 Å². The van der Waals surface area contributed by atoms with Gasteiger partial charge in [0.1, 0.15) is 5.78 Å². The van der Waals surface area contributed by atoms with E-state index >= 15 is 4.39 Å². The van der Waals surface area contributed by atoms with Crippen molar-refractivity contribution in [3.05, 3.63) is 23.8 Å². The van der Waals surface area contributed by atoms with Gasteiger partial charge < -0.3 is 5.11 Å². The van der Waals surface area contributed by atoms with E-state index in [4.69, 9.17) is 0 Å². The van der Waals surface area contributed by atoms with Crippen molar-refractivity contribution in [2.45, 2.75) is 65.2 Å². The molecule has 0 amide bonds. The smallest absolute Gasteiger partial charge is 0.178 e. The van der Waals surface area contributed by atoms with E-state index < -0.39 is 28.0 Å². The Morgan fingerprint density at radius 2 is 2.00 bits per heavy atom. The van der Waals surface area contributed by atoms with E-state index in [-0.39, 0.29) is 41.1 Å². The van der Waals surface area contributed by atoms with E-state index in [0.29, 0.717) is 12.8 Å². The topological polar surface area (TPSA) is 54.4 Å². The van der Waals surface area contributed by atoms with Gasteiger partial charge in [0, 0.05) is 16.7 Å². The van der Waals surface area contributed by atoms with Crippen molar-refractivity contribution in [2.75, 3.05) is 5.33 Å². The van der Waals surface area contributed by atoms with Crippen LogP contribution < -0.4 is 0 Å². The van der Waals surface area contributed by atoms with E-state index in [2.05, 4.69) is 29.8 Å². The van der Waals surface area contributed by atoms with Crippen LogP contribution in [0.15, 0.2) is 23.8 Å². The van der Waals surface area contributed by atoms with Gasteiger partial charge in [-0.3, -0.25) is 9.59 Å². The second kappa shape index (κ2) is 6.10. The summed E-state index contributed by atoms with van der Waals surface area (Å²) < 4.78 is 17.0. The van der Waals surface area contributed by atoms with Crippen molar-refractivity contribution in [3.8, 4) is 0 Å². The zero-order valence-electron chi connectivity index (χ0n) is 17.1. The lowest BCUT2D eigenvalue weighted by Crippen LogP contribution is -2.67. The van der Waals surface area contributed by atoms with E-state index in [1.807, 2.05) is 13.8 Å². The summed E-state index contributed by atoms with van der Waals surface area (Å²) in [7, 11) is 0. The maximum atomic E-state index is 17.0. The van der Waals surface area contributed by atoms with Crippen LogP contribution in [0.4, 0.5) is 4.39 Å². The van der Waals surface area contributed by atoms with Gasteiger partial charge in [-0.05, 0) is 62.0 Å². The fourth-order valence-electron chi connectivity index (χ4n) is 7.50. The molecule has 4 aliphatic carbocycles. The highest BCUT2D eigenvalue weighted by atomic mass is 79.9. The van der Waals surface area contributed by atoms with Gasteiger partial charge in [-0.1, -0.05) is 48.4 Å². The first-order valence-electron chi connectivity index (χ1n) is 10.4. The van der Waals surface area contributed by atoms with Crippen molar-refractivity contribution < 1.29 is 19.1 Å². The van der Waals surface area contributed by atoms with Crippen LogP contribution in [-0.2, 0) is 9.59 Å². The second-order valence-corrected chi connectivity index (χ2v) is 10.7. The minimum atomic E-state index is -1.82. The molecule has 3 saturated carbocycles. The maximum absolute atomic E-state index is 17.0. The minimum absolute atomic E-state index is 0.0355. The third-order valence-corrected chi connectivity index (χ3v) is 10.0. The van der Waals surface area contributed by atoms with Crippen molar-refractivity contribution >= 4 is 27.5 Å². The standard InChI is InChI=1S/C23H30BrFO3/c1-13-9-17-16-6-5-14-10-15(26)7-8-20(14,2)23(16,25)18(27)11-21(17,3)22(13,4)19(28)12-24/h7-8,10,13,16-18,27H,5-6,9,11-12H2,1-4H3/t13-,16+,17+,18+,20+,21+,22-,23+/m1/s1. The molecule has 4 rings (SSSR count). The largest absolute Gasteiger partial charge is 0.390 e. The first-order valence-corrected chi connectivity index (χ1v) is 11.5. The molecule has 0 bridgehead atoms. The zero-order valence-corrected chi connectivity index (χ0v) is 18.7. The number of carbonyl (C=O) groups is 2. The van der Waals surface area contributed by atoms with E-state index in [9.17, 15) is 14.7 Å². The molecule has 0 spiro atoms. The summed E-state index contributed by atoms with van der Waals surface area (Å²) in [6.07, 6.45) is 5.88. The van der Waals surface area contributed by atoms with E-state index in [1.165, 1.54) is 6.08 Å². The minimum Gasteiger partial charge on any atom is -0.390 e. The molecule has 0 unspecified atom stereocenters. The first kappa shape index (κ1) is 20.5. The lowest BCUT2D eigenvalue weighted by molar-refractivity contribution is -0.204. The van der Waals surface area contributed by atoms with Crippen LogP contribution in [0.1, 0.15) is 53.4 Å². The molecule has 0 aromatic carbocycles. The summed E-state index contributed by atoms with van der Waals surface area (Å²) >= 11 is 3.35. The highest BCUT2D eigenvalue weighted by Crippen LogP contribution is 2.73. The molecule has 0 heterocycles. The third-order valence-electron chi connectivity index (χ3n) is 9.51. The molecule has 1 N–H and O–H groups in total. The number of alkyl halides is 2. The fraction of sp³-hybridized carbons (Fsp3) is 0.739. The maximum Gasteiger partial charge on any atom is 0.178 e. The summed E-state index contributed by atoms with van der Waals surface area (Å²) in [5.74, 6) is -0.110. The summed E-state index contributed by atoms with van der Waals surface area (Å²) in [4.78, 5) is 24.9. The Morgan fingerprint density at radius 3 is 2.64 bits per heavy atom. The van der Waals surface area contributed by atoms with E-state index in [1.54, 1.807) is 12.2 Å². The number of Topliss-reactive ketones (excluding diaryl/α,β-unsaturated/α-hetero) is 1. The number of aliphatic hydroxyl groups is 1. The average molecular weight is 453 g/mol. The molecule has 0 aromatic rings. The predicted octanol–water partition coefficient (Wildman–Crippen LogP) is 4.57. The average Bonchev–Trinajstić information content (AvgIpc) is 2.84. The van der Waals surface area contributed by atoms with Crippen molar-refractivity contribution in [1.82, 2.24) is 0 Å². The number of carbonyl (C=O) groups excluding carboxylic acids is 2. The molecule has 4 aliphatic rings. The molecule has 3 nitrogen and oxygen atoms in total. The Bertz CT molecular complexity index is 806. The van der Waals surface area contributed by atoms with Gasteiger partial charge in [0.2, 0.25) is 0 Å². The first-order chi connectivity index (χ1) is 13.0. The van der Waals surface area contributed by atoms with Gasteiger partial charge >= 0.3 is 0 Å². The molecular formula is C23H30BrFO3. The van der Waals surface area contributed by atoms with Crippen LogP contribution in [0, 0.1) is 34.0 Å². The zero-order chi connectivity index (χ0) is 20.7. The SMILES string of the molecule is C[C@@H]1C[C@H]2[C@@H]3CCC4=CC(=O)C=C[C@]4(C)[C@@]3(F)[C@@H](O)C[C@]2(C)[C@@]1(C)C(=O)CBr. The highest BCUT2D eigenvalue weighted by Gasteiger charge is 2.74.